The van der Waals surface area contributed by atoms with Gasteiger partial charge >= 0.3 is 11.9 Å². The molecule has 0 aliphatic heterocycles. The summed E-state index contributed by atoms with van der Waals surface area (Å²) in [6.07, 6.45) is -0.741. The SMILES string of the molecule is COC(=O)C(OC(=O)Cc1cccc(OC(C)C)c1)C(C)C. The number of hydrogen-bond donors (Lipinski definition) is 0. The van der Waals surface area contributed by atoms with Crippen LogP contribution >= 0.6 is 0 Å². The van der Waals surface area contributed by atoms with E-state index in [-0.39, 0.29) is 18.4 Å². The smallest absolute Gasteiger partial charge is 0.347 e. The molecule has 0 N–H and O–H groups in total. The van der Waals surface area contributed by atoms with E-state index in [4.69, 9.17) is 9.47 Å². The molecule has 0 radical (unpaired) electrons. The standard InChI is InChI=1S/C17H24O5/c1-11(2)16(17(19)20-5)22-15(18)10-13-7-6-8-14(9-13)21-12(3)4/h6-9,11-12,16H,10H2,1-5H3. The molecule has 0 spiro atoms. The third kappa shape index (κ3) is 5.76. The molecule has 22 heavy (non-hydrogen) atoms. The second-order valence-corrected chi connectivity index (χ2v) is 5.67. The summed E-state index contributed by atoms with van der Waals surface area (Å²) in [5, 5.41) is 0. The average Bonchev–Trinajstić information content (AvgIpc) is 2.43. The van der Waals surface area contributed by atoms with Crippen LogP contribution < -0.4 is 4.74 Å². The van der Waals surface area contributed by atoms with Gasteiger partial charge < -0.3 is 14.2 Å². The number of ether oxygens (including phenoxy) is 3. The zero-order valence-electron chi connectivity index (χ0n) is 13.8. The number of carbonyl (C=O) groups is 2. The first-order valence-corrected chi connectivity index (χ1v) is 7.36. The van der Waals surface area contributed by atoms with Crippen molar-refractivity contribution in [3.8, 4) is 5.75 Å². The van der Waals surface area contributed by atoms with E-state index in [2.05, 4.69) is 4.74 Å². The Morgan fingerprint density at radius 1 is 1.14 bits per heavy atom. The van der Waals surface area contributed by atoms with Crippen molar-refractivity contribution < 1.29 is 23.8 Å². The fourth-order valence-corrected chi connectivity index (χ4v) is 1.92. The van der Waals surface area contributed by atoms with Gasteiger partial charge in [0.15, 0.2) is 0 Å². The molecule has 1 aromatic rings. The van der Waals surface area contributed by atoms with Crippen LogP contribution in [0.4, 0.5) is 0 Å². The number of hydrogen-bond acceptors (Lipinski definition) is 5. The number of esters is 2. The van der Waals surface area contributed by atoms with Crippen molar-refractivity contribution in [3.05, 3.63) is 29.8 Å². The second-order valence-electron chi connectivity index (χ2n) is 5.67. The predicted octanol–water partition coefficient (Wildman–Crippen LogP) is 2.76. The third-order valence-corrected chi connectivity index (χ3v) is 2.92. The lowest BCUT2D eigenvalue weighted by atomic mass is 10.1. The molecular formula is C17H24O5. The van der Waals surface area contributed by atoms with Crippen molar-refractivity contribution in [2.24, 2.45) is 5.92 Å². The number of rotatable bonds is 7. The van der Waals surface area contributed by atoms with Crippen molar-refractivity contribution in [1.82, 2.24) is 0 Å². The van der Waals surface area contributed by atoms with Gasteiger partial charge in [-0.2, -0.15) is 0 Å². The predicted molar refractivity (Wildman–Crippen MR) is 82.6 cm³/mol. The van der Waals surface area contributed by atoms with Crippen LogP contribution in [0, 0.1) is 5.92 Å². The first-order chi connectivity index (χ1) is 10.3. The van der Waals surface area contributed by atoms with E-state index in [1.54, 1.807) is 19.9 Å². The van der Waals surface area contributed by atoms with E-state index < -0.39 is 18.0 Å². The zero-order valence-corrected chi connectivity index (χ0v) is 13.8. The first kappa shape index (κ1) is 18.0. The highest BCUT2D eigenvalue weighted by Crippen LogP contribution is 2.16. The lowest BCUT2D eigenvalue weighted by molar-refractivity contribution is -0.168. The average molecular weight is 308 g/mol. The van der Waals surface area contributed by atoms with Crippen LogP contribution in [0.1, 0.15) is 33.3 Å². The molecule has 0 aromatic heterocycles. The molecular weight excluding hydrogens is 284 g/mol. The molecule has 0 aliphatic rings. The van der Waals surface area contributed by atoms with Crippen molar-refractivity contribution in [2.75, 3.05) is 7.11 Å². The maximum absolute atomic E-state index is 12.0. The van der Waals surface area contributed by atoms with Crippen LogP contribution in [-0.2, 0) is 25.5 Å². The summed E-state index contributed by atoms with van der Waals surface area (Å²) in [6.45, 7) is 7.47. The highest BCUT2D eigenvalue weighted by molar-refractivity contribution is 5.80. The quantitative estimate of drug-likeness (QED) is 0.725. The van der Waals surface area contributed by atoms with Crippen LogP contribution in [-0.4, -0.2) is 31.3 Å². The van der Waals surface area contributed by atoms with Crippen molar-refractivity contribution in [3.63, 3.8) is 0 Å². The van der Waals surface area contributed by atoms with Crippen molar-refractivity contribution in [2.45, 2.75) is 46.3 Å². The monoisotopic (exact) mass is 308 g/mol. The molecule has 0 saturated carbocycles. The molecule has 1 atom stereocenters. The van der Waals surface area contributed by atoms with Gasteiger partial charge in [0.1, 0.15) is 5.75 Å². The molecule has 0 bridgehead atoms. The van der Waals surface area contributed by atoms with Gasteiger partial charge in [-0.3, -0.25) is 4.79 Å². The van der Waals surface area contributed by atoms with Crippen LogP contribution in [0.5, 0.6) is 5.75 Å². The van der Waals surface area contributed by atoms with Gasteiger partial charge in [-0.25, -0.2) is 4.79 Å². The number of carbonyl (C=O) groups excluding carboxylic acids is 2. The Hall–Kier alpha value is -2.04. The van der Waals surface area contributed by atoms with E-state index in [0.29, 0.717) is 5.75 Å². The molecule has 0 heterocycles. The van der Waals surface area contributed by atoms with Gasteiger partial charge in [-0.1, -0.05) is 26.0 Å². The Kier molecular flexibility index (Phi) is 6.89. The van der Waals surface area contributed by atoms with Crippen LogP contribution in [0.2, 0.25) is 0 Å². The van der Waals surface area contributed by atoms with E-state index in [1.165, 1.54) is 7.11 Å². The molecule has 5 nitrogen and oxygen atoms in total. The lowest BCUT2D eigenvalue weighted by Gasteiger charge is -2.19. The fraction of sp³-hybridized carbons (Fsp3) is 0.529. The van der Waals surface area contributed by atoms with Crippen molar-refractivity contribution >= 4 is 11.9 Å². The summed E-state index contributed by atoms with van der Waals surface area (Å²) < 4.78 is 15.5. The molecule has 0 aliphatic carbocycles. The maximum atomic E-state index is 12.0. The normalized spacial score (nSPS) is 12.1. The zero-order chi connectivity index (χ0) is 16.7. The molecule has 0 saturated heterocycles. The third-order valence-electron chi connectivity index (χ3n) is 2.92. The van der Waals surface area contributed by atoms with Crippen LogP contribution in [0.15, 0.2) is 24.3 Å². The van der Waals surface area contributed by atoms with E-state index in [0.717, 1.165) is 5.56 Å². The molecule has 0 amide bonds. The summed E-state index contributed by atoms with van der Waals surface area (Å²) in [7, 11) is 1.28. The Bertz CT molecular complexity index is 508. The first-order valence-electron chi connectivity index (χ1n) is 7.36. The Labute approximate surface area is 131 Å². The molecule has 122 valence electrons. The number of benzene rings is 1. The summed E-state index contributed by atoms with van der Waals surface area (Å²) in [5.41, 5.74) is 0.774. The lowest BCUT2D eigenvalue weighted by Crippen LogP contribution is -2.33. The molecule has 1 aromatic carbocycles. The summed E-state index contributed by atoms with van der Waals surface area (Å²) >= 11 is 0. The van der Waals surface area contributed by atoms with Gasteiger partial charge in [0, 0.05) is 5.92 Å². The highest BCUT2D eigenvalue weighted by Gasteiger charge is 2.27. The van der Waals surface area contributed by atoms with Gasteiger partial charge in [-0.05, 0) is 31.5 Å². The molecule has 1 unspecified atom stereocenters. The van der Waals surface area contributed by atoms with Crippen LogP contribution in [0.25, 0.3) is 0 Å². The minimum Gasteiger partial charge on any atom is -0.491 e. The Morgan fingerprint density at radius 2 is 1.82 bits per heavy atom. The molecule has 0 fully saturated rings. The topological polar surface area (TPSA) is 61.8 Å². The number of methoxy groups -OCH3 is 1. The minimum absolute atomic E-state index is 0.0619. The molecule has 1 rings (SSSR count). The second kappa shape index (κ2) is 8.41. The summed E-state index contributed by atoms with van der Waals surface area (Å²) in [6, 6.07) is 7.27. The highest BCUT2D eigenvalue weighted by atomic mass is 16.6. The minimum atomic E-state index is -0.882. The summed E-state index contributed by atoms with van der Waals surface area (Å²) in [5.74, 6) is -0.452. The van der Waals surface area contributed by atoms with E-state index >= 15 is 0 Å². The molecule has 5 heteroatoms. The Morgan fingerprint density at radius 3 is 2.36 bits per heavy atom. The van der Waals surface area contributed by atoms with E-state index in [1.807, 2.05) is 32.0 Å². The largest absolute Gasteiger partial charge is 0.491 e. The fourth-order valence-electron chi connectivity index (χ4n) is 1.92. The van der Waals surface area contributed by atoms with Gasteiger partial charge in [0.2, 0.25) is 6.10 Å². The summed E-state index contributed by atoms with van der Waals surface area (Å²) in [4.78, 5) is 23.6. The van der Waals surface area contributed by atoms with Crippen molar-refractivity contribution in [1.29, 1.82) is 0 Å². The van der Waals surface area contributed by atoms with Gasteiger partial charge in [0.25, 0.3) is 0 Å². The Balaban J connectivity index is 2.69. The van der Waals surface area contributed by atoms with Gasteiger partial charge in [0.05, 0.1) is 19.6 Å². The maximum Gasteiger partial charge on any atom is 0.347 e. The van der Waals surface area contributed by atoms with Gasteiger partial charge in [-0.15, -0.1) is 0 Å². The van der Waals surface area contributed by atoms with Crippen LogP contribution in [0.3, 0.4) is 0 Å². The van der Waals surface area contributed by atoms with E-state index in [9.17, 15) is 9.59 Å².